The molecule has 0 unspecified atom stereocenters. The molecule has 0 saturated carbocycles. The minimum atomic E-state index is -0.737. The Labute approximate surface area is 318 Å². The van der Waals surface area contributed by atoms with Crippen LogP contribution in [0.1, 0.15) is 84.4 Å². The van der Waals surface area contributed by atoms with Crippen molar-refractivity contribution in [3.05, 3.63) is 183 Å². The minimum Gasteiger partial charge on any atom is -0.457 e. The van der Waals surface area contributed by atoms with Crippen LogP contribution in [-0.4, -0.2) is 35.3 Å². The molecule has 0 saturated heterocycles. The monoisotopic (exact) mass is 733 g/mol. The molecule has 266 valence electrons. The standard InChI is InChI=1S/C46H23NO9/c1-3-26-6-5-7-30(22-26)47-43(50)37-21-10-29(25-40(37)44(47)51)46(53)56-34-17-13-32(14-18-34)54-31-11-15-33(16-12-31)55-45(52)28-9-20-36-39(24-28)42(49)38-23-27(4-2)8-19-35(38)41(36)48/h1-2,5-25H. The number of anilines is 1. The van der Waals surface area contributed by atoms with E-state index in [4.69, 9.17) is 27.1 Å². The van der Waals surface area contributed by atoms with Gasteiger partial charge in [0, 0.05) is 33.4 Å². The van der Waals surface area contributed by atoms with E-state index < -0.39 is 29.5 Å². The molecule has 0 N–H and O–H groups in total. The molecule has 1 heterocycles. The van der Waals surface area contributed by atoms with Gasteiger partial charge >= 0.3 is 11.9 Å². The molecule has 8 rings (SSSR count). The number of ketones is 2. The molecule has 10 nitrogen and oxygen atoms in total. The molecule has 2 amide bonds. The van der Waals surface area contributed by atoms with Crippen LogP contribution in [0.4, 0.5) is 5.69 Å². The predicted molar refractivity (Wildman–Crippen MR) is 203 cm³/mol. The van der Waals surface area contributed by atoms with Crippen LogP contribution in [0.25, 0.3) is 0 Å². The second-order valence-electron chi connectivity index (χ2n) is 12.5. The van der Waals surface area contributed by atoms with Gasteiger partial charge in [0.1, 0.15) is 23.0 Å². The summed E-state index contributed by atoms with van der Waals surface area (Å²) < 4.78 is 16.9. The molecule has 56 heavy (non-hydrogen) atoms. The number of terminal acetylenes is 2. The molecule has 1 aliphatic carbocycles. The first kappa shape index (κ1) is 34.7. The van der Waals surface area contributed by atoms with Crippen molar-refractivity contribution in [1.29, 1.82) is 0 Å². The van der Waals surface area contributed by atoms with Crippen molar-refractivity contribution in [2.24, 2.45) is 0 Å². The van der Waals surface area contributed by atoms with Crippen LogP contribution in [0.2, 0.25) is 0 Å². The van der Waals surface area contributed by atoms with Gasteiger partial charge in [-0.2, -0.15) is 0 Å². The normalized spacial score (nSPS) is 12.5. The lowest BCUT2D eigenvalue weighted by atomic mass is 9.82. The molecule has 0 spiro atoms. The summed E-state index contributed by atoms with van der Waals surface area (Å²) in [7, 11) is 0. The second kappa shape index (κ2) is 13.9. The van der Waals surface area contributed by atoms with Gasteiger partial charge < -0.3 is 14.2 Å². The predicted octanol–water partition coefficient (Wildman–Crippen LogP) is 7.46. The quantitative estimate of drug-likeness (QED) is 0.0709. The molecule has 6 aromatic carbocycles. The number of imide groups is 1. The summed E-state index contributed by atoms with van der Waals surface area (Å²) in [6, 6.07) is 31.9. The van der Waals surface area contributed by atoms with Gasteiger partial charge in [-0.1, -0.05) is 17.9 Å². The van der Waals surface area contributed by atoms with Gasteiger partial charge in [0.15, 0.2) is 11.6 Å². The maximum Gasteiger partial charge on any atom is 0.343 e. The highest BCUT2D eigenvalue weighted by Crippen LogP contribution is 2.32. The third-order valence-corrected chi connectivity index (χ3v) is 9.12. The van der Waals surface area contributed by atoms with E-state index in [1.807, 2.05) is 0 Å². The Hall–Kier alpha value is -8.34. The lowest BCUT2D eigenvalue weighted by Gasteiger charge is -2.18. The zero-order chi connectivity index (χ0) is 39.1. The summed E-state index contributed by atoms with van der Waals surface area (Å²) in [5.41, 5.74) is 2.38. The Bertz CT molecular complexity index is 2800. The van der Waals surface area contributed by atoms with Crippen LogP contribution >= 0.6 is 0 Å². The summed E-state index contributed by atoms with van der Waals surface area (Å²) in [5.74, 6) is 2.83. The smallest absolute Gasteiger partial charge is 0.343 e. The number of ether oxygens (including phenoxy) is 3. The van der Waals surface area contributed by atoms with Gasteiger partial charge in [0.25, 0.3) is 11.8 Å². The zero-order valence-corrected chi connectivity index (χ0v) is 28.9. The fourth-order valence-corrected chi connectivity index (χ4v) is 6.32. The molecule has 0 fully saturated rings. The summed E-state index contributed by atoms with van der Waals surface area (Å²) in [6.07, 6.45) is 10.9. The topological polar surface area (TPSA) is 133 Å². The van der Waals surface area contributed by atoms with Gasteiger partial charge in [-0.05, 0) is 121 Å². The minimum absolute atomic E-state index is 0.0689. The number of amides is 2. The fraction of sp³-hybridized carbons (Fsp3) is 0. The number of carbonyl (C=O) groups is 6. The van der Waals surface area contributed by atoms with E-state index in [0.717, 1.165) is 4.90 Å². The van der Waals surface area contributed by atoms with E-state index in [1.165, 1.54) is 72.8 Å². The summed E-state index contributed by atoms with van der Waals surface area (Å²) >= 11 is 0. The molecule has 0 bridgehead atoms. The number of hydrogen-bond acceptors (Lipinski definition) is 9. The largest absolute Gasteiger partial charge is 0.457 e. The molecule has 0 atom stereocenters. The van der Waals surface area contributed by atoms with Crippen LogP contribution in [0.3, 0.4) is 0 Å². The van der Waals surface area contributed by atoms with Crippen LogP contribution in [0.5, 0.6) is 23.0 Å². The molecule has 0 aromatic heterocycles. The number of rotatable bonds is 7. The Morgan fingerprint density at radius 2 is 0.929 bits per heavy atom. The van der Waals surface area contributed by atoms with Gasteiger partial charge in [-0.25, -0.2) is 14.5 Å². The van der Waals surface area contributed by atoms with Crippen molar-refractivity contribution in [3.63, 3.8) is 0 Å². The highest BCUT2D eigenvalue weighted by atomic mass is 16.5. The number of fused-ring (bicyclic) bond motifs is 3. The molecule has 10 heteroatoms. The average molecular weight is 734 g/mol. The Balaban J connectivity index is 0.885. The van der Waals surface area contributed by atoms with E-state index in [0.29, 0.717) is 28.3 Å². The van der Waals surface area contributed by atoms with E-state index >= 15 is 0 Å². The van der Waals surface area contributed by atoms with Crippen LogP contribution in [-0.2, 0) is 0 Å². The zero-order valence-electron chi connectivity index (χ0n) is 28.9. The Morgan fingerprint density at radius 3 is 1.52 bits per heavy atom. The first-order valence-corrected chi connectivity index (χ1v) is 16.9. The molecular formula is C46H23NO9. The number of nitrogens with zero attached hydrogens (tertiary/aromatic N) is 1. The highest BCUT2D eigenvalue weighted by Gasteiger charge is 2.37. The van der Waals surface area contributed by atoms with Crippen molar-refractivity contribution < 1.29 is 43.0 Å². The molecule has 1 aliphatic heterocycles. The maximum atomic E-state index is 13.2. The fourth-order valence-electron chi connectivity index (χ4n) is 6.32. The number of esters is 2. The molecule has 0 radical (unpaired) electrons. The summed E-state index contributed by atoms with van der Waals surface area (Å²) in [6.45, 7) is 0. The number of hydrogen-bond donors (Lipinski definition) is 0. The maximum absolute atomic E-state index is 13.2. The third kappa shape index (κ3) is 6.26. The lowest BCUT2D eigenvalue weighted by molar-refractivity contribution is 0.0725. The van der Waals surface area contributed by atoms with Crippen molar-refractivity contribution in [2.75, 3.05) is 4.90 Å². The number of carbonyl (C=O) groups excluding carboxylic acids is 6. The van der Waals surface area contributed by atoms with Gasteiger partial charge in [0.05, 0.1) is 27.9 Å². The van der Waals surface area contributed by atoms with Gasteiger partial charge in [-0.15, -0.1) is 12.8 Å². The number of benzene rings is 6. The second-order valence-corrected chi connectivity index (χ2v) is 12.5. The summed E-state index contributed by atoms with van der Waals surface area (Å²) in [4.78, 5) is 79.6. The first-order chi connectivity index (χ1) is 27.1. The lowest BCUT2D eigenvalue weighted by Crippen LogP contribution is -2.29. The van der Waals surface area contributed by atoms with Crippen LogP contribution in [0, 0.1) is 24.7 Å². The van der Waals surface area contributed by atoms with E-state index in [-0.39, 0.29) is 61.8 Å². The summed E-state index contributed by atoms with van der Waals surface area (Å²) in [5, 5.41) is 0. The molecule has 6 aromatic rings. The van der Waals surface area contributed by atoms with Crippen LogP contribution in [0.15, 0.2) is 127 Å². The third-order valence-electron chi connectivity index (χ3n) is 9.12. The van der Waals surface area contributed by atoms with Crippen LogP contribution < -0.4 is 19.1 Å². The Morgan fingerprint density at radius 1 is 0.464 bits per heavy atom. The van der Waals surface area contributed by atoms with E-state index in [1.54, 1.807) is 54.6 Å². The average Bonchev–Trinajstić information content (AvgIpc) is 3.48. The first-order valence-electron chi connectivity index (χ1n) is 16.9. The molecular weight excluding hydrogens is 711 g/mol. The molecule has 2 aliphatic rings. The van der Waals surface area contributed by atoms with E-state index in [9.17, 15) is 28.8 Å². The van der Waals surface area contributed by atoms with Gasteiger partial charge in [-0.3, -0.25) is 19.2 Å². The van der Waals surface area contributed by atoms with Crippen molar-refractivity contribution in [1.82, 2.24) is 0 Å². The van der Waals surface area contributed by atoms with Gasteiger partial charge in [0.2, 0.25) is 0 Å². The SMILES string of the molecule is C#Cc1cccc(N2C(=O)c3ccc(C(=O)Oc4ccc(Oc5ccc(OC(=O)c6ccc7c(c6)C(=O)c6cc(C#C)ccc6C7=O)cc5)cc4)cc3C2=O)c1. The van der Waals surface area contributed by atoms with Crippen molar-refractivity contribution in [2.45, 2.75) is 0 Å². The highest BCUT2D eigenvalue weighted by molar-refractivity contribution is 6.35. The van der Waals surface area contributed by atoms with E-state index in [2.05, 4.69) is 11.8 Å². The van der Waals surface area contributed by atoms with Crippen molar-refractivity contribution >= 4 is 41.0 Å². The van der Waals surface area contributed by atoms with Crippen molar-refractivity contribution in [3.8, 4) is 47.7 Å². The Kier molecular flexibility index (Phi) is 8.62.